The molecule has 2 aromatic carbocycles. The third-order valence-electron chi connectivity index (χ3n) is 7.04. The summed E-state index contributed by atoms with van der Waals surface area (Å²) in [6, 6.07) is 12.8. The average molecular weight is 577 g/mol. The second-order valence-corrected chi connectivity index (χ2v) is 10.1. The van der Waals surface area contributed by atoms with Gasteiger partial charge >= 0.3 is 6.18 Å². The number of carbonyl (C=O) groups excluding carboxylic acids is 1. The third-order valence-corrected chi connectivity index (χ3v) is 7.04. The normalized spacial score (nSPS) is 14.1. The van der Waals surface area contributed by atoms with Gasteiger partial charge in [-0.2, -0.15) is 13.2 Å². The van der Waals surface area contributed by atoms with Crippen LogP contribution in [0.2, 0.25) is 0 Å². The van der Waals surface area contributed by atoms with Crippen molar-refractivity contribution in [1.29, 1.82) is 0 Å². The summed E-state index contributed by atoms with van der Waals surface area (Å²) in [5.41, 5.74) is 3.01. The van der Waals surface area contributed by atoms with E-state index in [-0.39, 0.29) is 23.4 Å². The standard InChI is InChI=1S/C30H29F3N6O.C2H6/c1-20-10-11-39-27(35-36-28(39)16-20)9-7-22-17-23(5-4-21(22)2)29(40)34-25-8-6-24(26(18-25)30(31,32)33)19-38-14-12-37(3)13-15-38;1-2/h4-6,8,10-11,16-18H,12-15,19H2,1-3H3,(H,34,40);1-2H3. The summed E-state index contributed by atoms with van der Waals surface area (Å²) >= 11 is 0. The Labute approximate surface area is 244 Å². The van der Waals surface area contributed by atoms with E-state index in [1.807, 2.05) is 58.0 Å². The van der Waals surface area contributed by atoms with E-state index in [1.165, 1.54) is 12.1 Å². The minimum absolute atomic E-state index is 0.0814. The quantitative estimate of drug-likeness (QED) is 0.312. The van der Waals surface area contributed by atoms with Crippen LogP contribution >= 0.6 is 0 Å². The summed E-state index contributed by atoms with van der Waals surface area (Å²) in [4.78, 5) is 17.2. The van der Waals surface area contributed by atoms with Gasteiger partial charge in [-0.05, 0) is 79.9 Å². The molecule has 0 spiro atoms. The third kappa shape index (κ3) is 7.35. The minimum Gasteiger partial charge on any atom is -0.322 e. The number of rotatable bonds is 4. The van der Waals surface area contributed by atoms with Crippen molar-refractivity contribution >= 4 is 17.2 Å². The molecular weight excluding hydrogens is 541 g/mol. The van der Waals surface area contributed by atoms with Crippen LogP contribution in [-0.2, 0) is 12.7 Å². The SMILES string of the molecule is CC.Cc1ccn2c(C#Cc3cc(C(=O)Nc4ccc(CN5CCN(C)CC5)c(C(F)(F)F)c4)ccc3C)nnc2c1. The molecule has 1 amide bonds. The summed E-state index contributed by atoms with van der Waals surface area (Å²) in [7, 11) is 2.00. The Morgan fingerprint density at radius 3 is 2.40 bits per heavy atom. The molecule has 0 radical (unpaired) electrons. The number of anilines is 1. The maximum atomic E-state index is 14.0. The van der Waals surface area contributed by atoms with E-state index in [0.717, 1.165) is 30.3 Å². The van der Waals surface area contributed by atoms with Crippen LogP contribution in [0.15, 0.2) is 54.7 Å². The van der Waals surface area contributed by atoms with Crippen LogP contribution in [0.3, 0.4) is 0 Å². The number of benzene rings is 2. The van der Waals surface area contributed by atoms with Gasteiger partial charge < -0.3 is 10.2 Å². The lowest BCUT2D eigenvalue weighted by Gasteiger charge is -2.33. The number of piperazine rings is 1. The molecule has 10 heteroatoms. The van der Waals surface area contributed by atoms with Crippen LogP contribution in [0.25, 0.3) is 5.65 Å². The highest BCUT2D eigenvalue weighted by Gasteiger charge is 2.34. The number of pyridine rings is 1. The Morgan fingerprint density at radius 2 is 1.69 bits per heavy atom. The molecule has 2 aromatic heterocycles. The first kappa shape index (κ1) is 30.8. The molecule has 4 aromatic rings. The number of amides is 1. The van der Waals surface area contributed by atoms with Crippen LogP contribution < -0.4 is 5.32 Å². The van der Waals surface area contributed by atoms with Crippen LogP contribution in [0.4, 0.5) is 18.9 Å². The van der Waals surface area contributed by atoms with Crippen LogP contribution in [-0.4, -0.2) is 63.5 Å². The number of hydrogen-bond donors (Lipinski definition) is 1. The fraction of sp³-hybridized carbons (Fsp3) is 0.344. The second kappa shape index (κ2) is 13.2. The predicted octanol–water partition coefficient (Wildman–Crippen LogP) is 5.79. The highest BCUT2D eigenvalue weighted by atomic mass is 19.4. The first-order chi connectivity index (χ1) is 20.1. The van der Waals surface area contributed by atoms with Gasteiger partial charge in [0.05, 0.1) is 5.56 Å². The van der Waals surface area contributed by atoms with Gasteiger partial charge in [-0.3, -0.25) is 14.1 Å². The highest BCUT2D eigenvalue weighted by Crippen LogP contribution is 2.34. The highest BCUT2D eigenvalue weighted by molar-refractivity contribution is 6.04. The van der Waals surface area contributed by atoms with Gasteiger partial charge in [-0.15, -0.1) is 10.2 Å². The fourth-order valence-electron chi connectivity index (χ4n) is 4.61. The molecule has 220 valence electrons. The Balaban J connectivity index is 0.00000198. The molecule has 1 fully saturated rings. The van der Waals surface area contributed by atoms with Crippen molar-refractivity contribution < 1.29 is 18.0 Å². The maximum Gasteiger partial charge on any atom is 0.416 e. The molecule has 1 aliphatic rings. The topological polar surface area (TPSA) is 65.8 Å². The molecule has 7 nitrogen and oxygen atoms in total. The lowest BCUT2D eigenvalue weighted by atomic mass is 10.0. The monoisotopic (exact) mass is 576 g/mol. The number of carbonyl (C=O) groups is 1. The molecule has 0 saturated carbocycles. The average Bonchev–Trinajstić information content (AvgIpc) is 3.37. The van der Waals surface area contributed by atoms with Crippen LogP contribution in [0, 0.1) is 25.7 Å². The van der Waals surface area contributed by atoms with E-state index < -0.39 is 17.6 Å². The van der Waals surface area contributed by atoms with Crippen molar-refractivity contribution in [3.8, 4) is 11.8 Å². The van der Waals surface area contributed by atoms with Crippen LogP contribution in [0.5, 0.6) is 0 Å². The van der Waals surface area contributed by atoms with Gasteiger partial charge in [0.2, 0.25) is 5.82 Å². The van der Waals surface area contributed by atoms with Gasteiger partial charge in [0, 0.05) is 55.7 Å². The van der Waals surface area contributed by atoms with E-state index >= 15 is 0 Å². The summed E-state index contributed by atoms with van der Waals surface area (Å²) in [6.07, 6.45) is -2.70. The molecule has 1 saturated heterocycles. The van der Waals surface area contributed by atoms with E-state index in [1.54, 1.807) is 22.6 Å². The molecule has 1 aliphatic heterocycles. The first-order valence-electron chi connectivity index (χ1n) is 13.9. The number of likely N-dealkylation sites (N-methyl/N-ethyl adjacent to an activating group) is 1. The number of nitrogens with zero attached hydrogens (tertiary/aromatic N) is 5. The summed E-state index contributed by atoms with van der Waals surface area (Å²) < 4.78 is 43.6. The number of nitrogens with one attached hydrogen (secondary N) is 1. The summed E-state index contributed by atoms with van der Waals surface area (Å²) in [5.74, 6) is 5.99. The van der Waals surface area contributed by atoms with E-state index in [2.05, 4.69) is 32.3 Å². The number of aromatic nitrogens is 3. The van der Waals surface area contributed by atoms with Crippen molar-refractivity contribution in [2.24, 2.45) is 0 Å². The predicted molar refractivity (Wildman–Crippen MR) is 158 cm³/mol. The van der Waals surface area contributed by atoms with Crippen molar-refractivity contribution in [3.05, 3.63) is 93.9 Å². The Morgan fingerprint density at radius 1 is 0.952 bits per heavy atom. The summed E-state index contributed by atoms with van der Waals surface area (Å²) in [5, 5.41) is 10.9. The molecule has 0 unspecified atom stereocenters. The molecule has 5 rings (SSSR count). The minimum atomic E-state index is -4.54. The van der Waals surface area contributed by atoms with Gasteiger partial charge in [0.15, 0.2) is 5.65 Å². The zero-order chi connectivity index (χ0) is 30.4. The van der Waals surface area contributed by atoms with Gasteiger partial charge in [0.25, 0.3) is 5.91 Å². The number of alkyl halides is 3. The number of halogens is 3. The molecule has 0 atom stereocenters. The second-order valence-electron chi connectivity index (χ2n) is 10.1. The molecule has 1 N–H and O–H groups in total. The molecule has 0 bridgehead atoms. The van der Waals surface area contributed by atoms with E-state index in [9.17, 15) is 18.0 Å². The lowest BCUT2D eigenvalue weighted by Crippen LogP contribution is -2.44. The molecule has 42 heavy (non-hydrogen) atoms. The molecular formula is C32H35F3N6O. The zero-order valence-corrected chi connectivity index (χ0v) is 24.5. The zero-order valence-electron chi connectivity index (χ0n) is 24.5. The fourth-order valence-corrected chi connectivity index (χ4v) is 4.61. The number of aryl methyl sites for hydroxylation is 2. The first-order valence-corrected chi connectivity index (χ1v) is 13.9. The Kier molecular flexibility index (Phi) is 9.66. The van der Waals surface area contributed by atoms with Gasteiger partial charge in [-0.25, -0.2) is 0 Å². The number of hydrogen-bond acceptors (Lipinski definition) is 5. The molecule has 0 aliphatic carbocycles. The summed E-state index contributed by atoms with van der Waals surface area (Å²) in [6.45, 7) is 11.1. The van der Waals surface area contributed by atoms with Gasteiger partial charge in [0.1, 0.15) is 0 Å². The van der Waals surface area contributed by atoms with Gasteiger partial charge in [-0.1, -0.05) is 31.9 Å². The van der Waals surface area contributed by atoms with Crippen molar-refractivity contribution in [3.63, 3.8) is 0 Å². The number of fused-ring (bicyclic) bond motifs is 1. The lowest BCUT2D eigenvalue weighted by molar-refractivity contribution is -0.138. The van der Waals surface area contributed by atoms with Crippen molar-refractivity contribution in [2.45, 2.75) is 40.4 Å². The van der Waals surface area contributed by atoms with Crippen molar-refractivity contribution in [2.75, 3.05) is 38.5 Å². The Bertz CT molecular complexity index is 1620. The van der Waals surface area contributed by atoms with E-state index in [0.29, 0.717) is 30.1 Å². The largest absolute Gasteiger partial charge is 0.416 e. The van der Waals surface area contributed by atoms with E-state index in [4.69, 9.17) is 0 Å². The van der Waals surface area contributed by atoms with Crippen LogP contribution in [0.1, 0.15) is 57.8 Å². The Hall–Kier alpha value is -4.20. The van der Waals surface area contributed by atoms with Crippen molar-refractivity contribution in [1.82, 2.24) is 24.4 Å². The molecule has 3 heterocycles. The smallest absolute Gasteiger partial charge is 0.322 e. The maximum absolute atomic E-state index is 14.0.